The summed E-state index contributed by atoms with van der Waals surface area (Å²) in [6.07, 6.45) is 0. The van der Waals surface area contributed by atoms with Crippen molar-refractivity contribution < 1.29 is 9.18 Å². The van der Waals surface area contributed by atoms with Crippen molar-refractivity contribution in [3.63, 3.8) is 0 Å². The van der Waals surface area contributed by atoms with Gasteiger partial charge in [0.15, 0.2) is 0 Å². The van der Waals surface area contributed by atoms with Crippen molar-refractivity contribution >= 4 is 5.91 Å². The smallest absolute Gasteiger partial charge is 0.234 e. The molecule has 20 heavy (non-hydrogen) atoms. The lowest BCUT2D eigenvalue weighted by Crippen LogP contribution is -2.33. The maximum atomic E-state index is 12.7. The molecular formula is C16H17FN2O. The number of benzene rings is 2. The Bertz CT molecular complexity index is 540. The predicted octanol–water partition coefficient (Wildman–Crippen LogP) is 2.23. The molecular weight excluding hydrogens is 255 g/mol. The van der Waals surface area contributed by atoms with E-state index in [9.17, 15) is 9.18 Å². The van der Waals surface area contributed by atoms with Gasteiger partial charge in [-0.25, -0.2) is 4.39 Å². The Morgan fingerprint density at radius 1 is 0.900 bits per heavy atom. The molecule has 2 rings (SSSR count). The van der Waals surface area contributed by atoms with Crippen LogP contribution in [0.2, 0.25) is 0 Å². The van der Waals surface area contributed by atoms with Crippen LogP contribution in [0.25, 0.3) is 0 Å². The zero-order chi connectivity index (χ0) is 14.2. The molecule has 0 radical (unpaired) electrons. The summed E-state index contributed by atoms with van der Waals surface area (Å²) >= 11 is 0. The molecule has 1 amide bonds. The van der Waals surface area contributed by atoms with E-state index < -0.39 is 0 Å². The van der Waals surface area contributed by atoms with Crippen LogP contribution >= 0.6 is 0 Å². The molecule has 0 aliphatic carbocycles. The first-order chi connectivity index (χ1) is 9.74. The number of nitrogens with one attached hydrogen (secondary N) is 2. The molecule has 2 aromatic rings. The highest BCUT2D eigenvalue weighted by atomic mass is 19.1. The van der Waals surface area contributed by atoms with Crippen molar-refractivity contribution in [2.45, 2.75) is 13.1 Å². The minimum atomic E-state index is -0.274. The van der Waals surface area contributed by atoms with Crippen molar-refractivity contribution in [1.82, 2.24) is 10.6 Å². The van der Waals surface area contributed by atoms with Crippen molar-refractivity contribution in [3.05, 3.63) is 71.5 Å². The average molecular weight is 272 g/mol. The SMILES string of the molecule is O=C(CNCc1ccccc1)NCc1ccc(F)cc1. The van der Waals surface area contributed by atoms with E-state index in [1.54, 1.807) is 12.1 Å². The largest absolute Gasteiger partial charge is 0.351 e. The van der Waals surface area contributed by atoms with E-state index in [4.69, 9.17) is 0 Å². The molecule has 4 heteroatoms. The van der Waals surface area contributed by atoms with Gasteiger partial charge in [-0.2, -0.15) is 0 Å². The van der Waals surface area contributed by atoms with Gasteiger partial charge in [0.25, 0.3) is 0 Å². The molecule has 104 valence electrons. The fourth-order valence-corrected chi connectivity index (χ4v) is 1.78. The maximum Gasteiger partial charge on any atom is 0.234 e. The van der Waals surface area contributed by atoms with Gasteiger partial charge in [0.1, 0.15) is 5.82 Å². The summed E-state index contributed by atoms with van der Waals surface area (Å²) in [6.45, 7) is 1.33. The van der Waals surface area contributed by atoms with E-state index in [-0.39, 0.29) is 18.3 Å². The van der Waals surface area contributed by atoms with Crippen LogP contribution in [0.15, 0.2) is 54.6 Å². The molecule has 0 fully saturated rings. The zero-order valence-corrected chi connectivity index (χ0v) is 11.1. The zero-order valence-electron chi connectivity index (χ0n) is 11.1. The molecule has 2 aromatic carbocycles. The molecule has 0 aromatic heterocycles. The highest BCUT2D eigenvalue weighted by molar-refractivity contribution is 5.77. The van der Waals surface area contributed by atoms with Gasteiger partial charge in [-0.3, -0.25) is 4.79 Å². The maximum absolute atomic E-state index is 12.7. The van der Waals surface area contributed by atoms with Gasteiger partial charge in [-0.15, -0.1) is 0 Å². The second kappa shape index (κ2) is 7.40. The van der Waals surface area contributed by atoms with Gasteiger partial charge in [-0.1, -0.05) is 42.5 Å². The minimum Gasteiger partial charge on any atom is -0.351 e. The van der Waals surface area contributed by atoms with E-state index in [0.717, 1.165) is 11.1 Å². The van der Waals surface area contributed by atoms with E-state index in [2.05, 4.69) is 10.6 Å². The Labute approximate surface area is 117 Å². The number of carbonyl (C=O) groups excluding carboxylic acids is 1. The first kappa shape index (κ1) is 14.2. The van der Waals surface area contributed by atoms with Gasteiger partial charge >= 0.3 is 0 Å². The molecule has 0 spiro atoms. The lowest BCUT2D eigenvalue weighted by Gasteiger charge is -2.07. The first-order valence-corrected chi connectivity index (χ1v) is 6.50. The van der Waals surface area contributed by atoms with Crippen LogP contribution in [0, 0.1) is 5.82 Å². The van der Waals surface area contributed by atoms with Crippen LogP contribution in [0.3, 0.4) is 0 Å². The van der Waals surface area contributed by atoms with Crippen LogP contribution in [-0.2, 0) is 17.9 Å². The third-order valence-electron chi connectivity index (χ3n) is 2.86. The lowest BCUT2D eigenvalue weighted by atomic mass is 10.2. The molecule has 0 saturated carbocycles. The van der Waals surface area contributed by atoms with Crippen LogP contribution in [0.1, 0.15) is 11.1 Å². The highest BCUT2D eigenvalue weighted by Gasteiger charge is 2.01. The van der Waals surface area contributed by atoms with E-state index >= 15 is 0 Å². The minimum absolute atomic E-state index is 0.0785. The number of carbonyl (C=O) groups is 1. The monoisotopic (exact) mass is 272 g/mol. The van der Waals surface area contributed by atoms with Crippen LogP contribution < -0.4 is 10.6 Å². The van der Waals surface area contributed by atoms with Gasteiger partial charge in [0.2, 0.25) is 5.91 Å². The Kier molecular flexibility index (Phi) is 5.26. The van der Waals surface area contributed by atoms with E-state index in [0.29, 0.717) is 13.1 Å². The van der Waals surface area contributed by atoms with Crippen molar-refractivity contribution in [3.8, 4) is 0 Å². The molecule has 3 nitrogen and oxygen atoms in total. The molecule has 0 unspecified atom stereocenters. The summed E-state index contributed by atoms with van der Waals surface area (Å²) in [4.78, 5) is 11.6. The van der Waals surface area contributed by atoms with Crippen LogP contribution in [0.5, 0.6) is 0 Å². The number of amides is 1. The number of hydrogen-bond donors (Lipinski definition) is 2. The highest BCUT2D eigenvalue weighted by Crippen LogP contribution is 2.01. The van der Waals surface area contributed by atoms with Crippen molar-refractivity contribution in [1.29, 1.82) is 0 Å². The molecule has 0 aliphatic heterocycles. The molecule has 2 N–H and O–H groups in total. The summed E-state index contributed by atoms with van der Waals surface area (Å²) in [5.74, 6) is -0.352. The summed E-state index contributed by atoms with van der Waals surface area (Å²) in [7, 11) is 0. The standard InChI is InChI=1S/C16H17FN2O/c17-15-8-6-14(7-9-15)11-19-16(20)12-18-10-13-4-2-1-3-5-13/h1-9,18H,10-12H2,(H,19,20). The second-order valence-corrected chi connectivity index (χ2v) is 4.49. The summed E-state index contributed by atoms with van der Waals surface area (Å²) < 4.78 is 12.7. The third-order valence-corrected chi connectivity index (χ3v) is 2.86. The Balaban J connectivity index is 1.67. The predicted molar refractivity (Wildman–Crippen MR) is 76.4 cm³/mol. The third kappa shape index (κ3) is 4.82. The number of hydrogen-bond acceptors (Lipinski definition) is 2. The fraction of sp³-hybridized carbons (Fsp3) is 0.188. The quantitative estimate of drug-likeness (QED) is 0.846. The second-order valence-electron chi connectivity index (χ2n) is 4.49. The van der Waals surface area contributed by atoms with E-state index in [1.807, 2.05) is 30.3 Å². The average Bonchev–Trinajstić information content (AvgIpc) is 2.48. The Hall–Kier alpha value is -2.20. The number of rotatable bonds is 6. The van der Waals surface area contributed by atoms with Crippen LogP contribution in [-0.4, -0.2) is 12.5 Å². The van der Waals surface area contributed by atoms with Crippen molar-refractivity contribution in [2.75, 3.05) is 6.54 Å². The van der Waals surface area contributed by atoms with Gasteiger partial charge in [-0.05, 0) is 23.3 Å². The molecule has 0 aliphatic rings. The van der Waals surface area contributed by atoms with Gasteiger partial charge in [0.05, 0.1) is 6.54 Å². The molecule has 0 saturated heterocycles. The van der Waals surface area contributed by atoms with Crippen molar-refractivity contribution in [2.24, 2.45) is 0 Å². The topological polar surface area (TPSA) is 41.1 Å². The molecule has 0 bridgehead atoms. The summed E-state index contributed by atoms with van der Waals surface area (Å²) in [6, 6.07) is 16.0. The molecule has 0 heterocycles. The van der Waals surface area contributed by atoms with E-state index in [1.165, 1.54) is 12.1 Å². The lowest BCUT2D eigenvalue weighted by molar-refractivity contribution is -0.120. The Morgan fingerprint density at radius 2 is 1.55 bits per heavy atom. The normalized spacial score (nSPS) is 10.2. The molecule has 0 atom stereocenters. The first-order valence-electron chi connectivity index (χ1n) is 6.50. The van der Waals surface area contributed by atoms with Gasteiger partial charge in [0, 0.05) is 13.1 Å². The van der Waals surface area contributed by atoms with Crippen LogP contribution in [0.4, 0.5) is 4.39 Å². The number of halogens is 1. The Morgan fingerprint density at radius 3 is 2.25 bits per heavy atom. The summed E-state index contributed by atoms with van der Waals surface area (Å²) in [5, 5.41) is 5.86. The fourth-order valence-electron chi connectivity index (χ4n) is 1.78. The summed E-state index contributed by atoms with van der Waals surface area (Å²) in [5.41, 5.74) is 2.02. The van der Waals surface area contributed by atoms with Gasteiger partial charge < -0.3 is 10.6 Å².